The van der Waals surface area contributed by atoms with E-state index in [1.54, 1.807) is 0 Å². The lowest BCUT2D eigenvalue weighted by Gasteiger charge is -2.25. The lowest BCUT2D eigenvalue weighted by atomic mass is 10.0. The van der Waals surface area contributed by atoms with Crippen LogP contribution in [0, 0.1) is 6.92 Å². The molecule has 30 heavy (non-hydrogen) atoms. The fourth-order valence-electron chi connectivity index (χ4n) is 3.29. The number of carbonyl (C=O) groups excluding carboxylic acids is 1. The molecule has 1 heterocycles. The molecule has 3 rings (SSSR count). The first kappa shape index (κ1) is 22.0. The van der Waals surface area contributed by atoms with Gasteiger partial charge >= 0.3 is 0 Å². The standard InChI is InChI=1S/C24H32N4O2/c1-18(2)20-7-9-22(10-8-20)26-24(25-11-12-28-13-15-30-16-14-28)27-23(29)21-6-4-5-19(3)17-21/h4-10,17-18H,11-16H2,1-3H3,(H2,25,26,27,29). The Morgan fingerprint density at radius 3 is 2.53 bits per heavy atom. The minimum Gasteiger partial charge on any atom is -0.379 e. The molecular weight excluding hydrogens is 376 g/mol. The fraction of sp³-hybridized carbons (Fsp3) is 0.417. The van der Waals surface area contributed by atoms with Crippen molar-refractivity contribution in [2.45, 2.75) is 26.7 Å². The molecule has 1 amide bonds. The maximum Gasteiger partial charge on any atom is 0.257 e. The largest absolute Gasteiger partial charge is 0.379 e. The van der Waals surface area contributed by atoms with E-state index < -0.39 is 0 Å². The quantitative estimate of drug-likeness (QED) is 0.566. The first-order chi connectivity index (χ1) is 14.5. The summed E-state index contributed by atoms with van der Waals surface area (Å²) < 4.78 is 5.40. The number of hydrogen-bond donors (Lipinski definition) is 2. The SMILES string of the molecule is Cc1cccc(C(=O)NC(=NCCN2CCOCC2)Nc2ccc(C(C)C)cc2)c1. The zero-order chi connectivity index (χ0) is 21.3. The van der Waals surface area contributed by atoms with Crippen LogP contribution >= 0.6 is 0 Å². The van der Waals surface area contributed by atoms with Crippen LogP contribution in [0.4, 0.5) is 5.69 Å². The van der Waals surface area contributed by atoms with E-state index in [4.69, 9.17) is 4.74 Å². The van der Waals surface area contributed by atoms with Gasteiger partial charge in [0.05, 0.1) is 19.8 Å². The fourth-order valence-corrected chi connectivity index (χ4v) is 3.29. The third-order valence-electron chi connectivity index (χ3n) is 5.14. The van der Waals surface area contributed by atoms with Crippen molar-refractivity contribution in [1.82, 2.24) is 10.2 Å². The van der Waals surface area contributed by atoms with Gasteiger partial charge in [0.25, 0.3) is 5.91 Å². The van der Waals surface area contributed by atoms with Gasteiger partial charge in [-0.1, -0.05) is 43.7 Å². The van der Waals surface area contributed by atoms with Crippen molar-refractivity contribution in [2.24, 2.45) is 4.99 Å². The van der Waals surface area contributed by atoms with E-state index in [1.165, 1.54) is 5.56 Å². The number of aliphatic imine (C=N–C) groups is 1. The molecule has 1 fully saturated rings. The van der Waals surface area contributed by atoms with Gasteiger partial charge in [-0.25, -0.2) is 0 Å². The number of anilines is 1. The second kappa shape index (κ2) is 10.9. The van der Waals surface area contributed by atoms with Crippen molar-refractivity contribution in [3.8, 4) is 0 Å². The van der Waals surface area contributed by atoms with E-state index in [1.807, 2.05) is 43.3 Å². The van der Waals surface area contributed by atoms with Gasteiger partial charge in [0, 0.05) is 30.9 Å². The van der Waals surface area contributed by atoms with E-state index in [2.05, 4.69) is 46.5 Å². The van der Waals surface area contributed by atoms with E-state index in [9.17, 15) is 4.79 Å². The summed E-state index contributed by atoms with van der Waals surface area (Å²) in [4.78, 5) is 19.7. The van der Waals surface area contributed by atoms with E-state index >= 15 is 0 Å². The summed E-state index contributed by atoms with van der Waals surface area (Å²) in [6.07, 6.45) is 0. The maximum atomic E-state index is 12.7. The van der Waals surface area contributed by atoms with Crippen LogP contribution in [0.1, 0.15) is 41.3 Å². The van der Waals surface area contributed by atoms with Gasteiger partial charge in [0.1, 0.15) is 0 Å². The van der Waals surface area contributed by atoms with Crippen LogP contribution in [-0.4, -0.2) is 56.2 Å². The normalized spacial score (nSPS) is 15.3. The second-order valence-electron chi connectivity index (χ2n) is 7.91. The number of nitrogens with one attached hydrogen (secondary N) is 2. The van der Waals surface area contributed by atoms with Gasteiger partial charge in [-0.3, -0.25) is 20.0 Å². The van der Waals surface area contributed by atoms with E-state index in [0.29, 0.717) is 24.0 Å². The van der Waals surface area contributed by atoms with Crippen molar-refractivity contribution in [2.75, 3.05) is 44.7 Å². The number of amides is 1. The van der Waals surface area contributed by atoms with Gasteiger partial charge in [-0.05, 0) is 42.7 Å². The zero-order valence-electron chi connectivity index (χ0n) is 18.1. The molecule has 1 aliphatic heterocycles. The second-order valence-corrected chi connectivity index (χ2v) is 7.91. The Balaban J connectivity index is 1.69. The Labute approximate surface area is 179 Å². The summed E-state index contributed by atoms with van der Waals surface area (Å²) in [6.45, 7) is 11.1. The van der Waals surface area contributed by atoms with Gasteiger partial charge in [-0.15, -0.1) is 0 Å². The summed E-state index contributed by atoms with van der Waals surface area (Å²) in [6, 6.07) is 15.8. The topological polar surface area (TPSA) is 66.0 Å². The Kier molecular flexibility index (Phi) is 7.99. The Hall–Kier alpha value is -2.70. The molecule has 1 saturated heterocycles. The summed E-state index contributed by atoms with van der Waals surface area (Å²) in [5.41, 5.74) is 3.84. The molecule has 0 radical (unpaired) electrons. The molecule has 6 heteroatoms. The third-order valence-corrected chi connectivity index (χ3v) is 5.14. The van der Waals surface area contributed by atoms with Gasteiger partial charge < -0.3 is 10.1 Å². The highest BCUT2D eigenvalue weighted by molar-refractivity contribution is 6.10. The number of rotatable bonds is 6. The van der Waals surface area contributed by atoms with Crippen LogP contribution in [0.15, 0.2) is 53.5 Å². The highest BCUT2D eigenvalue weighted by atomic mass is 16.5. The van der Waals surface area contributed by atoms with Crippen LogP contribution in [0.5, 0.6) is 0 Å². The molecule has 0 spiro atoms. The average molecular weight is 409 g/mol. The first-order valence-electron chi connectivity index (χ1n) is 10.6. The van der Waals surface area contributed by atoms with Crippen molar-refractivity contribution in [3.05, 3.63) is 65.2 Å². The number of aryl methyl sites for hydroxylation is 1. The Morgan fingerprint density at radius 1 is 1.13 bits per heavy atom. The molecule has 2 aromatic carbocycles. The van der Waals surface area contributed by atoms with Crippen LogP contribution in [-0.2, 0) is 4.74 Å². The number of carbonyl (C=O) groups is 1. The van der Waals surface area contributed by atoms with Crippen LogP contribution in [0.25, 0.3) is 0 Å². The third kappa shape index (κ3) is 6.68. The molecule has 1 aliphatic rings. The molecule has 0 bridgehead atoms. The number of nitrogens with zero attached hydrogens (tertiary/aromatic N) is 2. The Bertz CT molecular complexity index is 856. The average Bonchev–Trinajstić information content (AvgIpc) is 2.75. The molecule has 0 saturated carbocycles. The van der Waals surface area contributed by atoms with Crippen molar-refractivity contribution >= 4 is 17.6 Å². The van der Waals surface area contributed by atoms with E-state index in [-0.39, 0.29) is 5.91 Å². The predicted molar refractivity (Wildman–Crippen MR) is 122 cm³/mol. The number of hydrogen-bond acceptors (Lipinski definition) is 4. The lowest BCUT2D eigenvalue weighted by Crippen LogP contribution is -2.39. The molecular formula is C24H32N4O2. The summed E-state index contributed by atoms with van der Waals surface area (Å²) in [7, 11) is 0. The van der Waals surface area contributed by atoms with Crippen molar-refractivity contribution < 1.29 is 9.53 Å². The minimum atomic E-state index is -0.171. The molecule has 2 aromatic rings. The molecule has 0 unspecified atom stereocenters. The van der Waals surface area contributed by atoms with Crippen molar-refractivity contribution in [1.29, 1.82) is 0 Å². The monoisotopic (exact) mass is 408 g/mol. The first-order valence-corrected chi connectivity index (χ1v) is 10.6. The van der Waals surface area contributed by atoms with Gasteiger partial charge in [0.15, 0.2) is 0 Å². The highest BCUT2D eigenvalue weighted by Gasteiger charge is 2.12. The van der Waals surface area contributed by atoms with Gasteiger partial charge in [0.2, 0.25) is 5.96 Å². The molecule has 160 valence electrons. The number of benzene rings is 2. The minimum absolute atomic E-state index is 0.171. The lowest BCUT2D eigenvalue weighted by molar-refractivity contribution is 0.0394. The van der Waals surface area contributed by atoms with Crippen LogP contribution < -0.4 is 10.6 Å². The Morgan fingerprint density at radius 2 is 1.87 bits per heavy atom. The maximum absolute atomic E-state index is 12.7. The highest BCUT2D eigenvalue weighted by Crippen LogP contribution is 2.17. The smallest absolute Gasteiger partial charge is 0.257 e. The predicted octanol–water partition coefficient (Wildman–Crippen LogP) is 3.65. The van der Waals surface area contributed by atoms with E-state index in [0.717, 1.165) is 44.1 Å². The summed E-state index contributed by atoms with van der Waals surface area (Å²) >= 11 is 0. The number of ether oxygens (including phenoxy) is 1. The molecule has 0 aliphatic carbocycles. The molecule has 2 N–H and O–H groups in total. The summed E-state index contributed by atoms with van der Waals surface area (Å²) in [5.74, 6) is 0.768. The zero-order valence-corrected chi connectivity index (χ0v) is 18.1. The van der Waals surface area contributed by atoms with Crippen LogP contribution in [0.3, 0.4) is 0 Å². The summed E-state index contributed by atoms with van der Waals surface area (Å²) in [5, 5.41) is 6.21. The molecule has 6 nitrogen and oxygen atoms in total. The number of morpholine rings is 1. The molecule has 0 aromatic heterocycles. The molecule has 0 atom stereocenters. The van der Waals surface area contributed by atoms with Crippen LogP contribution in [0.2, 0.25) is 0 Å². The number of guanidine groups is 1. The van der Waals surface area contributed by atoms with Gasteiger partial charge in [-0.2, -0.15) is 0 Å². The van der Waals surface area contributed by atoms with Crippen molar-refractivity contribution in [3.63, 3.8) is 0 Å².